The van der Waals surface area contributed by atoms with Crippen LogP contribution in [-0.2, 0) is 4.74 Å². The standard InChI is InChI=1S/C14H21ClF2N4OS/c1-2-5-23-14-20-12(15)11(18)13(21-14)19-8-3-4-9(6-8)22-7-10(16)17/h8-10H,2-7,18H2,1H3,(H,19,20,21). The van der Waals surface area contributed by atoms with E-state index in [1.54, 1.807) is 0 Å². The van der Waals surface area contributed by atoms with Crippen LogP contribution in [0.5, 0.6) is 0 Å². The van der Waals surface area contributed by atoms with E-state index in [2.05, 4.69) is 22.2 Å². The first-order valence-corrected chi connectivity index (χ1v) is 8.98. The van der Waals surface area contributed by atoms with Crippen LogP contribution in [0.2, 0.25) is 5.15 Å². The Morgan fingerprint density at radius 2 is 2.22 bits per heavy atom. The van der Waals surface area contributed by atoms with Crippen molar-refractivity contribution in [3.63, 3.8) is 0 Å². The first-order chi connectivity index (χ1) is 11.0. The molecule has 1 fully saturated rings. The van der Waals surface area contributed by atoms with Crippen LogP contribution in [0, 0.1) is 0 Å². The molecule has 0 radical (unpaired) electrons. The number of halogens is 3. The summed E-state index contributed by atoms with van der Waals surface area (Å²) in [5, 5.41) is 4.05. The van der Waals surface area contributed by atoms with E-state index in [9.17, 15) is 8.78 Å². The Morgan fingerprint density at radius 3 is 2.91 bits per heavy atom. The number of nitrogens with zero attached hydrogens (tertiary/aromatic N) is 2. The molecule has 0 spiro atoms. The molecule has 0 aliphatic heterocycles. The monoisotopic (exact) mass is 366 g/mol. The maximum absolute atomic E-state index is 12.2. The summed E-state index contributed by atoms with van der Waals surface area (Å²) >= 11 is 7.58. The molecule has 2 atom stereocenters. The van der Waals surface area contributed by atoms with Gasteiger partial charge < -0.3 is 15.8 Å². The van der Waals surface area contributed by atoms with Gasteiger partial charge in [0, 0.05) is 11.8 Å². The SMILES string of the molecule is CCCSc1nc(Cl)c(N)c(NC2CCC(OCC(F)F)C2)n1. The van der Waals surface area contributed by atoms with Gasteiger partial charge in [0.15, 0.2) is 16.1 Å². The fourth-order valence-corrected chi connectivity index (χ4v) is 3.33. The molecule has 2 unspecified atom stereocenters. The van der Waals surface area contributed by atoms with Gasteiger partial charge in [-0.2, -0.15) is 0 Å². The van der Waals surface area contributed by atoms with Crippen LogP contribution in [0.15, 0.2) is 5.16 Å². The molecule has 0 amide bonds. The van der Waals surface area contributed by atoms with E-state index in [-0.39, 0.29) is 17.3 Å². The second-order valence-corrected chi connectivity index (χ2v) is 6.83. The van der Waals surface area contributed by atoms with Crippen LogP contribution in [0.1, 0.15) is 32.6 Å². The van der Waals surface area contributed by atoms with Crippen molar-refractivity contribution in [2.24, 2.45) is 0 Å². The Bertz CT molecular complexity index is 524. The van der Waals surface area contributed by atoms with Gasteiger partial charge >= 0.3 is 0 Å². The normalized spacial score (nSPS) is 21.1. The summed E-state index contributed by atoms with van der Waals surface area (Å²) in [7, 11) is 0. The van der Waals surface area contributed by atoms with Crippen molar-refractivity contribution < 1.29 is 13.5 Å². The van der Waals surface area contributed by atoms with Crippen LogP contribution in [0.3, 0.4) is 0 Å². The van der Waals surface area contributed by atoms with Gasteiger partial charge in [0.25, 0.3) is 6.43 Å². The lowest BCUT2D eigenvalue weighted by atomic mass is 10.2. The highest BCUT2D eigenvalue weighted by molar-refractivity contribution is 7.99. The maximum Gasteiger partial charge on any atom is 0.261 e. The molecule has 0 aromatic carbocycles. The Kier molecular flexibility index (Phi) is 7.10. The molecular formula is C14H21ClF2N4OS. The average molecular weight is 367 g/mol. The van der Waals surface area contributed by atoms with Crippen LogP contribution in [0.4, 0.5) is 20.3 Å². The third-order valence-corrected chi connectivity index (χ3v) is 4.84. The van der Waals surface area contributed by atoms with Gasteiger partial charge in [0.05, 0.1) is 6.10 Å². The summed E-state index contributed by atoms with van der Waals surface area (Å²) in [5.41, 5.74) is 6.24. The Labute approximate surface area is 143 Å². The van der Waals surface area contributed by atoms with Gasteiger partial charge in [-0.15, -0.1) is 0 Å². The molecule has 1 saturated carbocycles. The summed E-state index contributed by atoms with van der Waals surface area (Å²) < 4.78 is 29.5. The minimum absolute atomic E-state index is 0.0787. The van der Waals surface area contributed by atoms with Crippen LogP contribution in [0.25, 0.3) is 0 Å². The summed E-state index contributed by atoms with van der Waals surface area (Å²) in [6, 6.07) is 0.0787. The second kappa shape index (κ2) is 8.84. The number of nitrogens with two attached hydrogens (primary N) is 1. The van der Waals surface area contributed by atoms with E-state index in [0.717, 1.165) is 25.0 Å². The number of hydrogen-bond donors (Lipinski definition) is 2. The van der Waals surface area contributed by atoms with Gasteiger partial charge in [-0.25, -0.2) is 18.7 Å². The quantitative estimate of drug-likeness (QED) is 0.414. The van der Waals surface area contributed by atoms with E-state index < -0.39 is 13.0 Å². The number of alkyl halides is 2. The number of nitrogen functional groups attached to an aromatic ring is 1. The highest BCUT2D eigenvalue weighted by Crippen LogP contribution is 2.31. The molecule has 1 aliphatic rings. The lowest BCUT2D eigenvalue weighted by Crippen LogP contribution is -2.21. The Balaban J connectivity index is 1.95. The molecule has 23 heavy (non-hydrogen) atoms. The highest BCUT2D eigenvalue weighted by Gasteiger charge is 2.27. The Hall–Kier alpha value is -0.860. The molecule has 2 rings (SSSR count). The average Bonchev–Trinajstić information content (AvgIpc) is 2.95. The fraction of sp³-hybridized carbons (Fsp3) is 0.714. The first kappa shape index (κ1) is 18.5. The smallest absolute Gasteiger partial charge is 0.261 e. The van der Waals surface area contributed by atoms with Gasteiger partial charge in [0.2, 0.25) is 0 Å². The van der Waals surface area contributed by atoms with Crippen molar-refractivity contribution in [3.05, 3.63) is 5.15 Å². The largest absolute Gasteiger partial charge is 0.393 e. The summed E-state index contributed by atoms with van der Waals surface area (Å²) in [5.74, 6) is 1.40. The van der Waals surface area contributed by atoms with Crippen molar-refractivity contribution in [3.8, 4) is 0 Å². The summed E-state index contributed by atoms with van der Waals surface area (Å²) in [6.45, 7) is 1.56. The predicted octanol–water partition coefficient (Wildman–Crippen LogP) is 3.83. The third-order valence-electron chi connectivity index (χ3n) is 3.50. The number of anilines is 2. The third kappa shape index (κ3) is 5.61. The van der Waals surface area contributed by atoms with E-state index in [1.807, 2.05) is 0 Å². The molecule has 3 N–H and O–H groups in total. The van der Waals surface area contributed by atoms with Gasteiger partial charge in [0.1, 0.15) is 12.3 Å². The molecule has 1 aliphatic carbocycles. The van der Waals surface area contributed by atoms with Crippen molar-refractivity contribution in [2.75, 3.05) is 23.4 Å². The van der Waals surface area contributed by atoms with E-state index >= 15 is 0 Å². The lowest BCUT2D eigenvalue weighted by molar-refractivity contribution is -0.0212. The van der Waals surface area contributed by atoms with E-state index in [0.29, 0.717) is 23.1 Å². The van der Waals surface area contributed by atoms with E-state index in [1.165, 1.54) is 11.8 Å². The zero-order valence-corrected chi connectivity index (χ0v) is 14.5. The number of ether oxygens (including phenoxy) is 1. The molecular weight excluding hydrogens is 346 g/mol. The number of thioether (sulfide) groups is 1. The molecule has 1 aromatic heterocycles. The molecule has 0 bridgehead atoms. The van der Waals surface area contributed by atoms with E-state index in [4.69, 9.17) is 22.1 Å². The van der Waals surface area contributed by atoms with Gasteiger partial charge in [-0.05, 0) is 25.7 Å². The van der Waals surface area contributed by atoms with Crippen LogP contribution in [-0.4, -0.2) is 40.9 Å². The molecule has 1 heterocycles. The summed E-state index contributed by atoms with van der Waals surface area (Å²) in [4.78, 5) is 8.56. The molecule has 9 heteroatoms. The minimum Gasteiger partial charge on any atom is -0.393 e. The molecule has 0 saturated heterocycles. The number of nitrogens with one attached hydrogen (secondary N) is 1. The van der Waals surface area contributed by atoms with Crippen LogP contribution < -0.4 is 11.1 Å². The maximum atomic E-state index is 12.2. The zero-order valence-electron chi connectivity index (χ0n) is 12.9. The number of hydrogen-bond acceptors (Lipinski definition) is 6. The molecule has 1 aromatic rings. The minimum atomic E-state index is -2.43. The van der Waals surface area contributed by atoms with Crippen molar-refractivity contribution in [2.45, 2.75) is 56.3 Å². The van der Waals surface area contributed by atoms with Gasteiger partial charge in [-0.3, -0.25) is 0 Å². The second-order valence-electron chi connectivity index (χ2n) is 5.41. The molecule has 5 nitrogen and oxygen atoms in total. The number of aromatic nitrogens is 2. The fourth-order valence-electron chi connectivity index (χ4n) is 2.42. The highest BCUT2D eigenvalue weighted by atomic mass is 35.5. The predicted molar refractivity (Wildman–Crippen MR) is 89.5 cm³/mol. The summed E-state index contributed by atoms with van der Waals surface area (Å²) in [6.07, 6.45) is 0.605. The van der Waals surface area contributed by atoms with Crippen molar-refractivity contribution >= 4 is 34.9 Å². The van der Waals surface area contributed by atoms with Crippen molar-refractivity contribution in [1.29, 1.82) is 0 Å². The number of rotatable bonds is 8. The first-order valence-electron chi connectivity index (χ1n) is 7.61. The zero-order chi connectivity index (χ0) is 16.8. The Morgan fingerprint density at radius 1 is 1.43 bits per heavy atom. The topological polar surface area (TPSA) is 73.1 Å². The van der Waals surface area contributed by atoms with Crippen LogP contribution >= 0.6 is 23.4 Å². The molecule has 130 valence electrons. The lowest BCUT2D eigenvalue weighted by Gasteiger charge is -2.16. The van der Waals surface area contributed by atoms with Crippen molar-refractivity contribution in [1.82, 2.24) is 9.97 Å². The van der Waals surface area contributed by atoms with Gasteiger partial charge in [-0.1, -0.05) is 30.3 Å².